The third kappa shape index (κ3) is 5.09. The minimum Gasteiger partial charge on any atom is -0.390 e. The fraction of sp³-hybridized carbons (Fsp3) is 0.857. The molecular weight excluding hydrogens is 258 g/mol. The monoisotopic (exact) mass is 285 g/mol. The summed E-state index contributed by atoms with van der Waals surface area (Å²) in [5.74, 6) is -0.374. The number of hydrogen-bond donors (Lipinski definition) is 3. The lowest BCUT2D eigenvalue weighted by Gasteiger charge is -2.23. The van der Waals surface area contributed by atoms with Gasteiger partial charge in [-0.2, -0.15) is 0 Å². The van der Waals surface area contributed by atoms with Gasteiger partial charge >= 0.3 is 0 Å². The molecule has 0 spiro atoms. The van der Waals surface area contributed by atoms with Crippen LogP contribution in [0.3, 0.4) is 0 Å². The maximum Gasteiger partial charge on any atom is 0.241 e. The van der Waals surface area contributed by atoms with E-state index in [9.17, 15) is 14.7 Å². The van der Waals surface area contributed by atoms with Gasteiger partial charge in [-0.1, -0.05) is 13.8 Å². The van der Waals surface area contributed by atoms with E-state index in [4.69, 9.17) is 5.73 Å². The van der Waals surface area contributed by atoms with Crippen LogP contribution in [0.15, 0.2) is 0 Å². The van der Waals surface area contributed by atoms with Crippen LogP contribution >= 0.6 is 0 Å². The number of nitrogens with one attached hydrogen (secondary N) is 1. The van der Waals surface area contributed by atoms with Gasteiger partial charge < -0.3 is 21.1 Å². The van der Waals surface area contributed by atoms with Crippen molar-refractivity contribution >= 4 is 11.8 Å². The Morgan fingerprint density at radius 1 is 1.35 bits per heavy atom. The first-order valence-corrected chi connectivity index (χ1v) is 7.26. The molecule has 0 bridgehead atoms. The number of nitrogens with zero attached hydrogens (tertiary/aromatic N) is 1. The third-order valence-electron chi connectivity index (χ3n) is 3.85. The lowest BCUT2D eigenvalue weighted by Crippen LogP contribution is -2.48. The Hall–Kier alpha value is -1.14. The summed E-state index contributed by atoms with van der Waals surface area (Å²) in [6, 6.07) is -0.590. The zero-order chi connectivity index (χ0) is 15.3. The molecule has 6 nitrogen and oxygen atoms in total. The highest BCUT2D eigenvalue weighted by molar-refractivity contribution is 5.87. The number of aliphatic hydroxyl groups is 1. The van der Waals surface area contributed by atoms with E-state index in [2.05, 4.69) is 5.32 Å². The molecule has 1 saturated heterocycles. The summed E-state index contributed by atoms with van der Waals surface area (Å²) in [5.41, 5.74) is 5.02. The molecule has 1 rings (SSSR count). The average Bonchev–Trinajstić information content (AvgIpc) is 2.55. The molecule has 116 valence electrons. The molecule has 2 atom stereocenters. The zero-order valence-corrected chi connectivity index (χ0v) is 12.7. The number of carbonyl (C=O) groups is 2. The van der Waals surface area contributed by atoms with Gasteiger partial charge in [0, 0.05) is 13.1 Å². The summed E-state index contributed by atoms with van der Waals surface area (Å²) in [5, 5.41) is 12.6. The van der Waals surface area contributed by atoms with Crippen LogP contribution in [0.25, 0.3) is 0 Å². The van der Waals surface area contributed by atoms with Crippen molar-refractivity contribution in [2.45, 2.75) is 51.7 Å². The van der Waals surface area contributed by atoms with Crippen LogP contribution in [0, 0.1) is 5.92 Å². The number of amides is 2. The van der Waals surface area contributed by atoms with Crippen LogP contribution in [0.1, 0.15) is 40.0 Å². The first-order valence-electron chi connectivity index (χ1n) is 7.26. The van der Waals surface area contributed by atoms with Gasteiger partial charge in [-0.15, -0.1) is 0 Å². The van der Waals surface area contributed by atoms with Crippen molar-refractivity contribution in [3.63, 3.8) is 0 Å². The molecule has 20 heavy (non-hydrogen) atoms. The normalized spacial score (nSPS) is 25.2. The van der Waals surface area contributed by atoms with E-state index in [0.717, 1.165) is 6.42 Å². The molecule has 1 aliphatic heterocycles. The van der Waals surface area contributed by atoms with Gasteiger partial charge in [0.25, 0.3) is 0 Å². The second-order valence-corrected chi connectivity index (χ2v) is 6.22. The molecule has 0 aromatic rings. The summed E-state index contributed by atoms with van der Waals surface area (Å²) in [6.07, 6.45) is 2.04. The van der Waals surface area contributed by atoms with E-state index in [1.807, 2.05) is 13.8 Å². The third-order valence-corrected chi connectivity index (χ3v) is 3.85. The van der Waals surface area contributed by atoms with Crippen molar-refractivity contribution in [2.24, 2.45) is 11.7 Å². The van der Waals surface area contributed by atoms with Crippen LogP contribution in [-0.2, 0) is 9.59 Å². The van der Waals surface area contributed by atoms with Crippen molar-refractivity contribution < 1.29 is 14.7 Å². The SMILES string of the molecule is CC(C)[C@H](N)C(=O)NCC(=O)N1CCCC(C)(O)CC1. The van der Waals surface area contributed by atoms with E-state index < -0.39 is 11.6 Å². The van der Waals surface area contributed by atoms with Gasteiger partial charge in [0.1, 0.15) is 0 Å². The van der Waals surface area contributed by atoms with Crippen molar-refractivity contribution in [3.05, 3.63) is 0 Å². The molecule has 0 aromatic heterocycles. The summed E-state index contributed by atoms with van der Waals surface area (Å²) >= 11 is 0. The molecule has 2 amide bonds. The van der Waals surface area contributed by atoms with Crippen LogP contribution in [0.2, 0.25) is 0 Å². The Morgan fingerprint density at radius 2 is 2.00 bits per heavy atom. The maximum atomic E-state index is 12.0. The Balaban J connectivity index is 2.41. The second-order valence-electron chi connectivity index (χ2n) is 6.22. The molecule has 0 saturated carbocycles. The quantitative estimate of drug-likeness (QED) is 0.669. The van der Waals surface area contributed by atoms with Crippen molar-refractivity contribution in [1.29, 1.82) is 0 Å². The number of hydrogen-bond acceptors (Lipinski definition) is 4. The lowest BCUT2D eigenvalue weighted by molar-refractivity contribution is -0.133. The number of rotatable bonds is 4. The van der Waals surface area contributed by atoms with Gasteiger partial charge in [-0.05, 0) is 32.1 Å². The highest BCUT2D eigenvalue weighted by Crippen LogP contribution is 2.21. The first-order chi connectivity index (χ1) is 9.23. The smallest absolute Gasteiger partial charge is 0.241 e. The van der Waals surface area contributed by atoms with E-state index >= 15 is 0 Å². The van der Waals surface area contributed by atoms with Gasteiger partial charge in [0.2, 0.25) is 11.8 Å². The van der Waals surface area contributed by atoms with E-state index in [1.165, 1.54) is 0 Å². The van der Waals surface area contributed by atoms with Crippen molar-refractivity contribution in [2.75, 3.05) is 19.6 Å². The molecule has 0 radical (unpaired) electrons. The van der Waals surface area contributed by atoms with Crippen molar-refractivity contribution in [1.82, 2.24) is 10.2 Å². The topological polar surface area (TPSA) is 95.7 Å². The van der Waals surface area contributed by atoms with Gasteiger partial charge in [0.15, 0.2) is 0 Å². The van der Waals surface area contributed by atoms with Crippen LogP contribution in [0.5, 0.6) is 0 Å². The molecular formula is C14H27N3O3. The standard InChI is InChI=1S/C14H27N3O3/c1-10(2)12(15)13(19)16-9-11(18)17-7-4-5-14(3,20)6-8-17/h10,12,20H,4-9,15H2,1-3H3,(H,16,19)/t12-,14?/m0/s1. The maximum absolute atomic E-state index is 12.0. The summed E-state index contributed by atoms with van der Waals surface area (Å²) in [7, 11) is 0. The predicted molar refractivity (Wildman–Crippen MR) is 76.9 cm³/mol. The highest BCUT2D eigenvalue weighted by Gasteiger charge is 2.27. The fourth-order valence-corrected chi connectivity index (χ4v) is 2.21. The Kier molecular flexibility index (Phi) is 5.95. The van der Waals surface area contributed by atoms with Gasteiger partial charge in [-0.3, -0.25) is 9.59 Å². The van der Waals surface area contributed by atoms with Crippen LogP contribution < -0.4 is 11.1 Å². The minimum absolute atomic E-state index is 0.0264. The molecule has 0 aromatic carbocycles. The molecule has 1 heterocycles. The van der Waals surface area contributed by atoms with Crippen molar-refractivity contribution in [3.8, 4) is 0 Å². The lowest BCUT2D eigenvalue weighted by atomic mass is 9.98. The van der Waals surface area contributed by atoms with Gasteiger partial charge in [-0.25, -0.2) is 0 Å². The molecule has 4 N–H and O–H groups in total. The molecule has 1 aliphatic rings. The molecule has 1 unspecified atom stereocenters. The largest absolute Gasteiger partial charge is 0.390 e. The summed E-state index contributed by atoms with van der Waals surface area (Å²) in [6.45, 7) is 6.65. The Labute approximate surface area is 120 Å². The fourth-order valence-electron chi connectivity index (χ4n) is 2.21. The first kappa shape index (κ1) is 16.9. The highest BCUT2D eigenvalue weighted by atomic mass is 16.3. The number of nitrogens with two attached hydrogens (primary N) is 1. The molecule has 6 heteroatoms. The summed E-state index contributed by atoms with van der Waals surface area (Å²) in [4.78, 5) is 25.4. The van der Waals surface area contributed by atoms with E-state index in [-0.39, 0.29) is 24.3 Å². The number of carbonyl (C=O) groups excluding carboxylic acids is 2. The minimum atomic E-state index is -0.696. The number of likely N-dealkylation sites (tertiary alicyclic amines) is 1. The van der Waals surface area contributed by atoms with Gasteiger partial charge in [0.05, 0.1) is 18.2 Å². The van der Waals surface area contributed by atoms with Crippen LogP contribution in [-0.4, -0.2) is 53.1 Å². The average molecular weight is 285 g/mol. The Morgan fingerprint density at radius 3 is 2.60 bits per heavy atom. The zero-order valence-electron chi connectivity index (χ0n) is 12.7. The summed E-state index contributed by atoms with van der Waals surface area (Å²) < 4.78 is 0. The van der Waals surface area contributed by atoms with Crippen LogP contribution in [0.4, 0.5) is 0 Å². The predicted octanol–water partition coefficient (Wildman–Crippen LogP) is -0.151. The van der Waals surface area contributed by atoms with E-state index in [1.54, 1.807) is 11.8 Å². The van der Waals surface area contributed by atoms with E-state index in [0.29, 0.717) is 25.9 Å². The Bertz CT molecular complexity index is 356. The molecule has 1 fully saturated rings. The second kappa shape index (κ2) is 7.04. The molecule has 0 aliphatic carbocycles.